The molecule has 0 saturated heterocycles. The van der Waals surface area contributed by atoms with E-state index in [9.17, 15) is 4.79 Å². The molecule has 0 spiro atoms. The lowest BCUT2D eigenvalue weighted by Gasteiger charge is -2.26. The highest BCUT2D eigenvalue weighted by molar-refractivity contribution is 6.07. The number of rotatable bonds is 6. The molecule has 0 fully saturated rings. The van der Waals surface area contributed by atoms with E-state index in [1.807, 2.05) is 60.6 Å². The second-order valence-corrected chi connectivity index (χ2v) is 9.01. The van der Waals surface area contributed by atoms with Crippen molar-refractivity contribution >= 4 is 11.9 Å². The molecule has 2 aromatic rings. The van der Waals surface area contributed by atoms with E-state index in [0.29, 0.717) is 11.3 Å². The molecular formula is C25H32O4. The van der Waals surface area contributed by atoms with Crippen LogP contribution in [0.2, 0.25) is 0 Å². The molecule has 4 heteroatoms. The Hall–Kier alpha value is -2.75. The molecule has 0 radical (unpaired) electrons. The van der Waals surface area contributed by atoms with Gasteiger partial charge in [-0.15, -0.1) is 0 Å². The second-order valence-electron chi connectivity index (χ2n) is 9.01. The van der Waals surface area contributed by atoms with E-state index in [0.717, 1.165) is 22.6 Å². The van der Waals surface area contributed by atoms with Crippen LogP contribution in [0.5, 0.6) is 17.2 Å². The van der Waals surface area contributed by atoms with Crippen molar-refractivity contribution in [1.29, 1.82) is 0 Å². The van der Waals surface area contributed by atoms with Gasteiger partial charge < -0.3 is 14.2 Å². The average Bonchev–Trinajstić information content (AvgIpc) is 2.60. The molecule has 0 amide bonds. The molecule has 4 nitrogen and oxygen atoms in total. The average molecular weight is 397 g/mol. The van der Waals surface area contributed by atoms with Gasteiger partial charge in [0.05, 0.1) is 7.11 Å². The summed E-state index contributed by atoms with van der Waals surface area (Å²) in [6.45, 7) is 14.0. The molecule has 0 aliphatic carbocycles. The van der Waals surface area contributed by atoms with Gasteiger partial charge in [0, 0.05) is 17.2 Å². The molecule has 0 bridgehead atoms. The summed E-state index contributed by atoms with van der Waals surface area (Å²) >= 11 is 0. The Kier molecular flexibility index (Phi) is 6.78. The van der Waals surface area contributed by atoms with Crippen LogP contribution in [0.4, 0.5) is 0 Å². The molecular weight excluding hydrogens is 364 g/mol. The summed E-state index contributed by atoms with van der Waals surface area (Å²) in [5.41, 5.74) is 1.73. The molecule has 2 rings (SSSR count). The molecule has 0 N–H and O–H groups in total. The third kappa shape index (κ3) is 6.97. The van der Waals surface area contributed by atoms with Crippen LogP contribution in [-0.2, 0) is 0 Å². The highest BCUT2D eigenvalue weighted by atomic mass is 16.5. The minimum atomic E-state index is -0.378. The van der Waals surface area contributed by atoms with E-state index in [1.54, 1.807) is 43.5 Å². The van der Waals surface area contributed by atoms with E-state index >= 15 is 0 Å². The fourth-order valence-corrected chi connectivity index (χ4v) is 2.70. The van der Waals surface area contributed by atoms with Crippen molar-refractivity contribution in [2.24, 2.45) is 0 Å². The van der Waals surface area contributed by atoms with Crippen molar-refractivity contribution in [1.82, 2.24) is 0 Å². The van der Waals surface area contributed by atoms with E-state index in [4.69, 9.17) is 14.2 Å². The number of benzene rings is 2. The zero-order valence-corrected chi connectivity index (χ0v) is 18.8. The van der Waals surface area contributed by atoms with Crippen LogP contribution in [0.15, 0.2) is 42.5 Å². The molecule has 0 unspecified atom stereocenters. The Bertz CT molecular complexity index is 879. The zero-order chi connectivity index (χ0) is 21.8. The summed E-state index contributed by atoms with van der Waals surface area (Å²) in [4.78, 5) is 12.6. The first-order chi connectivity index (χ1) is 13.4. The molecule has 0 saturated carbocycles. The fourth-order valence-electron chi connectivity index (χ4n) is 2.70. The van der Waals surface area contributed by atoms with Crippen LogP contribution in [0.3, 0.4) is 0 Å². The number of carbonyl (C=O) groups is 1. The number of methoxy groups -OCH3 is 1. The van der Waals surface area contributed by atoms with Gasteiger partial charge in [0.2, 0.25) is 0 Å². The Balaban J connectivity index is 2.37. The molecule has 0 atom stereocenters. The predicted molar refractivity (Wildman–Crippen MR) is 118 cm³/mol. The third-order valence-electron chi connectivity index (χ3n) is 3.93. The van der Waals surface area contributed by atoms with Crippen molar-refractivity contribution in [3.63, 3.8) is 0 Å². The minimum absolute atomic E-state index is 0.0815. The fraction of sp³-hybridized carbons (Fsp3) is 0.400. The monoisotopic (exact) mass is 396 g/mol. The topological polar surface area (TPSA) is 44.8 Å². The standard InChI is InChI=1S/C25H32O4/c1-17-15-19(11-14-21(26)18-9-12-20(27-8)13-10-18)23(29-25(5,6)7)16-22(17)28-24(2,3)4/h9-16H,1-8H3/b14-11+. The predicted octanol–water partition coefficient (Wildman–Crippen LogP) is 6.25. The van der Waals surface area contributed by atoms with Gasteiger partial charge in [-0.05, 0) is 96.5 Å². The first-order valence-corrected chi connectivity index (χ1v) is 9.77. The Labute approximate surface area is 174 Å². The molecule has 0 aromatic heterocycles. The number of aryl methyl sites for hydroxylation is 1. The number of hydrogen-bond acceptors (Lipinski definition) is 4. The highest BCUT2D eigenvalue weighted by Gasteiger charge is 2.19. The molecule has 29 heavy (non-hydrogen) atoms. The van der Waals surface area contributed by atoms with Crippen molar-refractivity contribution in [2.45, 2.75) is 59.7 Å². The van der Waals surface area contributed by atoms with Gasteiger partial charge >= 0.3 is 0 Å². The maximum atomic E-state index is 12.6. The molecule has 0 aliphatic heterocycles. The number of ether oxygens (including phenoxy) is 3. The summed E-state index contributed by atoms with van der Waals surface area (Å²) in [6, 6.07) is 11.0. The second kappa shape index (κ2) is 8.73. The van der Waals surface area contributed by atoms with Crippen molar-refractivity contribution in [2.75, 3.05) is 7.11 Å². The van der Waals surface area contributed by atoms with Crippen LogP contribution in [0.1, 0.15) is 63.0 Å². The van der Waals surface area contributed by atoms with Crippen molar-refractivity contribution in [3.8, 4) is 17.2 Å². The minimum Gasteiger partial charge on any atom is -0.497 e. The zero-order valence-electron chi connectivity index (χ0n) is 18.8. The normalized spacial score (nSPS) is 12.1. The number of carbonyl (C=O) groups excluding carboxylic acids is 1. The number of allylic oxidation sites excluding steroid dienone is 1. The number of hydrogen-bond donors (Lipinski definition) is 0. The van der Waals surface area contributed by atoms with Crippen LogP contribution in [-0.4, -0.2) is 24.1 Å². The molecule has 0 heterocycles. The van der Waals surface area contributed by atoms with Gasteiger partial charge in [0.25, 0.3) is 0 Å². The summed E-state index contributed by atoms with van der Waals surface area (Å²) in [6.07, 6.45) is 3.36. The van der Waals surface area contributed by atoms with E-state index in [-0.39, 0.29) is 17.0 Å². The lowest BCUT2D eigenvalue weighted by Crippen LogP contribution is -2.25. The van der Waals surface area contributed by atoms with Gasteiger partial charge in [0.15, 0.2) is 5.78 Å². The SMILES string of the molecule is COc1ccc(C(=O)/C=C/c2cc(C)c(OC(C)(C)C)cc2OC(C)(C)C)cc1. The molecule has 156 valence electrons. The van der Waals surface area contributed by atoms with Gasteiger partial charge in [-0.3, -0.25) is 4.79 Å². The van der Waals surface area contributed by atoms with E-state index in [1.165, 1.54) is 0 Å². The first-order valence-electron chi connectivity index (χ1n) is 9.77. The third-order valence-corrected chi connectivity index (χ3v) is 3.93. The molecule has 2 aromatic carbocycles. The largest absolute Gasteiger partial charge is 0.497 e. The van der Waals surface area contributed by atoms with E-state index in [2.05, 4.69) is 0 Å². The van der Waals surface area contributed by atoms with Crippen LogP contribution in [0, 0.1) is 6.92 Å². The number of ketones is 1. The maximum absolute atomic E-state index is 12.6. The lowest BCUT2D eigenvalue weighted by molar-refractivity contribution is 0.104. The lowest BCUT2D eigenvalue weighted by atomic mass is 10.0. The van der Waals surface area contributed by atoms with Gasteiger partial charge in [-0.25, -0.2) is 0 Å². The Morgan fingerprint density at radius 3 is 1.93 bits per heavy atom. The van der Waals surface area contributed by atoms with Crippen LogP contribution >= 0.6 is 0 Å². The van der Waals surface area contributed by atoms with Crippen molar-refractivity contribution in [3.05, 3.63) is 59.2 Å². The summed E-state index contributed by atoms with van der Waals surface area (Å²) in [5.74, 6) is 2.09. The summed E-state index contributed by atoms with van der Waals surface area (Å²) in [7, 11) is 1.60. The van der Waals surface area contributed by atoms with E-state index < -0.39 is 0 Å². The Morgan fingerprint density at radius 2 is 1.41 bits per heavy atom. The van der Waals surface area contributed by atoms with Crippen LogP contribution in [0.25, 0.3) is 6.08 Å². The quantitative estimate of drug-likeness (QED) is 0.427. The summed E-state index contributed by atoms with van der Waals surface area (Å²) < 4.78 is 17.4. The van der Waals surface area contributed by atoms with Crippen molar-refractivity contribution < 1.29 is 19.0 Å². The van der Waals surface area contributed by atoms with Crippen LogP contribution < -0.4 is 14.2 Å². The first kappa shape index (κ1) is 22.5. The van der Waals surface area contributed by atoms with Gasteiger partial charge in [-0.2, -0.15) is 0 Å². The molecule has 0 aliphatic rings. The maximum Gasteiger partial charge on any atom is 0.185 e. The van der Waals surface area contributed by atoms with Gasteiger partial charge in [-0.1, -0.05) is 0 Å². The highest BCUT2D eigenvalue weighted by Crippen LogP contribution is 2.34. The smallest absolute Gasteiger partial charge is 0.185 e. The summed E-state index contributed by atoms with van der Waals surface area (Å²) in [5, 5.41) is 0. The Morgan fingerprint density at radius 1 is 0.862 bits per heavy atom. The van der Waals surface area contributed by atoms with Gasteiger partial charge in [0.1, 0.15) is 28.5 Å².